The second kappa shape index (κ2) is 7.89. The van der Waals surface area contributed by atoms with Crippen LogP contribution in [0.1, 0.15) is 27.2 Å². The van der Waals surface area contributed by atoms with Crippen molar-refractivity contribution >= 4 is 11.4 Å². The molecule has 108 valence electrons. The quantitative estimate of drug-likeness (QED) is 0.710. The van der Waals surface area contributed by atoms with Crippen LogP contribution in [0.15, 0.2) is 18.2 Å². The Bertz CT molecular complexity index is 380. The van der Waals surface area contributed by atoms with Gasteiger partial charge in [0.1, 0.15) is 5.75 Å². The van der Waals surface area contributed by atoms with Gasteiger partial charge in [0.2, 0.25) is 0 Å². The van der Waals surface area contributed by atoms with Gasteiger partial charge in [-0.2, -0.15) is 0 Å². The van der Waals surface area contributed by atoms with Gasteiger partial charge in [-0.15, -0.1) is 0 Å². The molecule has 1 rings (SSSR count). The van der Waals surface area contributed by atoms with Gasteiger partial charge in [-0.1, -0.05) is 6.92 Å². The van der Waals surface area contributed by atoms with Crippen LogP contribution in [0, 0.1) is 0 Å². The first-order valence-electron chi connectivity index (χ1n) is 7.01. The largest absolute Gasteiger partial charge is 0.491 e. The van der Waals surface area contributed by atoms with Crippen LogP contribution in [0.5, 0.6) is 5.75 Å². The molecular weight excluding hydrogens is 238 g/mol. The van der Waals surface area contributed by atoms with Crippen molar-refractivity contribution in [2.75, 3.05) is 37.8 Å². The normalized spacial score (nSPS) is 11.1. The van der Waals surface area contributed by atoms with E-state index in [0.29, 0.717) is 18.3 Å². The lowest BCUT2D eigenvalue weighted by molar-refractivity contribution is 0.284. The Kier molecular flexibility index (Phi) is 6.50. The van der Waals surface area contributed by atoms with Gasteiger partial charge >= 0.3 is 0 Å². The SMILES string of the molecule is CCCOc1cc(NCCN(C)C(C)C)ccc1N. The summed E-state index contributed by atoms with van der Waals surface area (Å²) in [6.45, 7) is 9.09. The molecule has 0 heterocycles. The van der Waals surface area contributed by atoms with E-state index in [0.717, 1.165) is 30.9 Å². The Morgan fingerprint density at radius 3 is 2.74 bits per heavy atom. The molecule has 0 aliphatic carbocycles. The molecule has 0 unspecified atom stereocenters. The average molecular weight is 265 g/mol. The highest BCUT2D eigenvalue weighted by atomic mass is 16.5. The van der Waals surface area contributed by atoms with E-state index < -0.39 is 0 Å². The van der Waals surface area contributed by atoms with Crippen molar-refractivity contribution in [1.29, 1.82) is 0 Å². The molecule has 0 atom stereocenters. The predicted molar refractivity (Wildman–Crippen MR) is 82.9 cm³/mol. The molecule has 0 aliphatic rings. The maximum Gasteiger partial charge on any atom is 0.144 e. The van der Waals surface area contributed by atoms with Crippen molar-refractivity contribution in [3.63, 3.8) is 0 Å². The van der Waals surface area contributed by atoms with E-state index in [1.807, 2.05) is 18.2 Å². The highest BCUT2D eigenvalue weighted by Crippen LogP contribution is 2.25. The predicted octanol–water partition coefficient (Wildman–Crippen LogP) is 2.81. The first kappa shape index (κ1) is 15.6. The molecule has 3 N–H and O–H groups in total. The minimum atomic E-state index is 0.566. The molecule has 0 aromatic heterocycles. The number of nitrogens with one attached hydrogen (secondary N) is 1. The van der Waals surface area contributed by atoms with E-state index >= 15 is 0 Å². The Labute approximate surface area is 116 Å². The van der Waals surface area contributed by atoms with E-state index in [9.17, 15) is 0 Å². The smallest absolute Gasteiger partial charge is 0.144 e. The van der Waals surface area contributed by atoms with Crippen LogP contribution >= 0.6 is 0 Å². The van der Waals surface area contributed by atoms with E-state index in [-0.39, 0.29) is 0 Å². The fourth-order valence-corrected chi connectivity index (χ4v) is 1.62. The van der Waals surface area contributed by atoms with Gasteiger partial charge in [0, 0.05) is 30.9 Å². The third-order valence-electron chi connectivity index (χ3n) is 3.15. The van der Waals surface area contributed by atoms with Gasteiger partial charge in [-0.05, 0) is 39.4 Å². The van der Waals surface area contributed by atoms with Crippen molar-refractivity contribution in [3.05, 3.63) is 18.2 Å². The summed E-state index contributed by atoms with van der Waals surface area (Å²) < 4.78 is 5.62. The van der Waals surface area contributed by atoms with Crippen molar-refractivity contribution in [2.24, 2.45) is 0 Å². The van der Waals surface area contributed by atoms with Gasteiger partial charge in [0.15, 0.2) is 0 Å². The molecule has 0 aliphatic heterocycles. The summed E-state index contributed by atoms with van der Waals surface area (Å²) >= 11 is 0. The first-order chi connectivity index (χ1) is 9.04. The van der Waals surface area contributed by atoms with Gasteiger partial charge in [-0.25, -0.2) is 0 Å². The molecule has 4 heteroatoms. The molecule has 0 saturated heterocycles. The average Bonchev–Trinajstić information content (AvgIpc) is 2.38. The highest BCUT2D eigenvalue weighted by molar-refractivity contribution is 5.61. The zero-order chi connectivity index (χ0) is 14.3. The lowest BCUT2D eigenvalue weighted by Crippen LogP contribution is -2.31. The molecule has 0 saturated carbocycles. The van der Waals surface area contributed by atoms with E-state index in [2.05, 4.69) is 38.0 Å². The van der Waals surface area contributed by atoms with E-state index in [1.54, 1.807) is 0 Å². The number of hydrogen-bond acceptors (Lipinski definition) is 4. The number of ether oxygens (including phenoxy) is 1. The van der Waals surface area contributed by atoms with Crippen molar-refractivity contribution in [1.82, 2.24) is 4.90 Å². The van der Waals surface area contributed by atoms with Crippen molar-refractivity contribution in [3.8, 4) is 5.75 Å². The maximum atomic E-state index is 5.89. The maximum absolute atomic E-state index is 5.89. The topological polar surface area (TPSA) is 50.5 Å². The van der Waals surface area contributed by atoms with Crippen LogP contribution in [-0.4, -0.2) is 37.7 Å². The first-order valence-corrected chi connectivity index (χ1v) is 7.01. The fraction of sp³-hybridized carbons (Fsp3) is 0.600. The number of nitrogens with zero attached hydrogens (tertiary/aromatic N) is 1. The standard InChI is InChI=1S/C15H27N3O/c1-5-10-19-15-11-13(6-7-14(15)16)17-8-9-18(4)12(2)3/h6-7,11-12,17H,5,8-10,16H2,1-4H3. The number of rotatable bonds is 8. The number of anilines is 2. The summed E-state index contributed by atoms with van der Waals surface area (Å²) in [5, 5.41) is 3.40. The number of benzene rings is 1. The zero-order valence-electron chi connectivity index (χ0n) is 12.6. The Balaban J connectivity index is 2.50. The number of likely N-dealkylation sites (N-methyl/N-ethyl adjacent to an activating group) is 1. The molecule has 0 fully saturated rings. The molecular formula is C15H27N3O. The van der Waals surface area contributed by atoms with Crippen LogP contribution in [-0.2, 0) is 0 Å². The Hall–Kier alpha value is -1.42. The summed E-state index contributed by atoms with van der Waals surface area (Å²) in [6.07, 6.45) is 0.982. The molecule has 19 heavy (non-hydrogen) atoms. The second-order valence-electron chi connectivity index (χ2n) is 5.10. The van der Waals surface area contributed by atoms with Gasteiger partial charge in [-0.3, -0.25) is 0 Å². The Morgan fingerprint density at radius 2 is 2.11 bits per heavy atom. The molecule has 4 nitrogen and oxygen atoms in total. The van der Waals surface area contributed by atoms with Crippen LogP contribution in [0.3, 0.4) is 0 Å². The zero-order valence-corrected chi connectivity index (χ0v) is 12.6. The molecule has 0 radical (unpaired) electrons. The molecule has 0 spiro atoms. The monoisotopic (exact) mass is 265 g/mol. The highest BCUT2D eigenvalue weighted by Gasteiger charge is 2.04. The third kappa shape index (κ3) is 5.39. The van der Waals surface area contributed by atoms with Crippen LogP contribution in [0.4, 0.5) is 11.4 Å². The van der Waals surface area contributed by atoms with E-state index in [1.165, 1.54) is 0 Å². The molecule has 0 bridgehead atoms. The van der Waals surface area contributed by atoms with Gasteiger partial charge < -0.3 is 20.7 Å². The molecule has 1 aromatic carbocycles. The third-order valence-corrected chi connectivity index (χ3v) is 3.15. The van der Waals surface area contributed by atoms with Crippen molar-refractivity contribution in [2.45, 2.75) is 33.2 Å². The molecule has 0 amide bonds. The number of hydrogen-bond donors (Lipinski definition) is 2. The number of nitrogens with two attached hydrogens (primary N) is 1. The summed E-state index contributed by atoms with van der Waals surface area (Å²) in [5.74, 6) is 0.768. The lowest BCUT2D eigenvalue weighted by Gasteiger charge is -2.21. The van der Waals surface area contributed by atoms with E-state index in [4.69, 9.17) is 10.5 Å². The summed E-state index contributed by atoms with van der Waals surface area (Å²) in [5.41, 5.74) is 7.63. The lowest BCUT2D eigenvalue weighted by atomic mass is 10.2. The second-order valence-corrected chi connectivity index (χ2v) is 5.10. The van der Waals surface area contributed by atoms with Gasteiger partial charge in [0.05, 0.1) is 12.3 Å². The fourth-order valence-electron chi connectivity index (χ4n) is 1.62. The van der Waals surface area contributed by atoms with Crippen LogP contribution in [0.2, 0.25) is 0 Å². The van der Waals surface area contributed by atoms with Crippen LogP contribution < -0.4 is 15.8 Å². The summed E-state index contributed by atoms with van der Waals surface area (Å²) in [4.78, 5) is 2.30. The Morgan fingerprint density at radius 1 is 1.37 bits per heavy atom. The molecule has 1 aromatic rings. The summed E-state index contributed by atoms with van der Waals surface area (Å²) in [7, 11) is 2.13. The van der Waals surface area contributed by atoms with Crippen molar-refractivity contribution < 1.29 is 4.74 Å². The minimum Gasteiger partial charge on any atom is -0.491 e. The van der Waals surface area contributed by atoms with Crippen LogP contribution in [0.25, 0.3) is 0 Å². The minimum absolute atomic E-state index is 0.566. The number of nitrogen functional groups attached to an aromatic ring is 1. The summed E-state index contributed by atoms with van der Waals surface area (Å²) in [6, 6.07) is 6.42. The van der Waals surface area contributed by atoms with Gasteiger partial charge in [0.25, 0.3) is 0 Å².